The van der Waals surface area contributed by atoms with Gasteiger partial charge in [0, 0.05) is 25.6 Å². The molecule has 1 fully saturated rings. The molecule has 1 aromatic heterocycles. The average molecular weight is 285 g/mol. The summed E-state index contributed by atoms with van der Waals surface area (Å²) in [6.45, 7) is 3.83. The van der Waals surface area contributed by atoms with Crippen molar-refractivity contribution in [2.75, 3.05) is 6.54 Å². The van der Waals surface area contributed by atoms with Crippen LogP contribution in [-0.4, -0.2) is 32.9 Å². The Hall–Kier alpha value is -1.84. The molecule has 0 aliphatic carbocycles. The average Bonchev–Trinajstić information content (AvgIpc) is 2.96. The molecule has 21 heavy (non-hydrogen) atoms. The van der Waals surface area contributed by atoms with E-state index < -0.39 is 0 Å². The third-order valence-corrected chi connectivity index (χ3v) is 4.51. The molecule has 0 saturated carbocycles. The molecule has 1 amide bonds. The van der Waals surface area contributed by atoms with Crippen molar-refractivity contribution in [1.29, 1.82) is 0 Å². The summed E-state index contributed by atoms with van der Waals surface area (Å²) in [5.74, 6) is 0.291. The first-order chi connectivity index (χ1) is 10.3. The molecular weight excluding hydrogens is 262 g/mol. The Morgan fingerprint density at radius 1 is 1.33 bits per heavy atom. The number of piperidine rings is 1. The monoisotopic (exact) mass is 285 g/mol. The predicted molar refractivity (Wildman–Crippen MR) is 84.0 cm³/mol. The van der Waals surface area contributed by atoms with Gasteiger partial charge in [-0.25, -0.2) is 4.98 Å². The van der Waals surface area contributed by atoms with Crippen LogP contribution in [0.25, 0.3) is 11.0 Å². The van der Waals surface area contributed by atoms with Crippen molar-refractivity contribution >= 4 is 16.9 Å². The van der Waals surface area contributed by atoms with E-state index in [2.05, 4.69) is 27.4 Å². The number of para-hydroxylation sites is 2. The number of rotatable bonds is 4. The predicted octanol–water partition coefficient (Wildman–Crippen LogP) is 3.22. The fourth-order valence-electron chi connectivity index (χ4n) is 3.30. The maximum atomic E-state index is 12.5. The minimum Gasteiger partial charge on any atom is -0.340 e. The summed E-state index contributed by atoms with van der Waals surface area (Å²) in [7, 11) is 0. The zero-order valence-corrected chi connectivity index (χ0v) is 12.7. The third-order valence-electron chi connectivity index (χ3n) is 4.51. The molecule has 0 bridgehead atoms. The first kappa shape index (κ1) is 14.1. The number of likely N-dealkylation sites (tertiary alicyclic amines) is 1. The van der Waals surface area contributed by atoms with Gasteiger partial charge in [0.15, 0.2) is 0 Å². The largest absolute Gasteiger partial charge is 0.340 e. The lowest BCUT2D eigenvalue weighted by molar-refractivity contribution is -0.135. The van der Waals surface area contributed by atoms with Crippen molar-refractivity contribution in [3.05, 3.63) is 30.6 Å². The van der Waals surface area contributed by atoms with Gasteiger partial charge >= 0.3 is 0 Å². The number of carbonyl (C=O) groups is 1. The second-order valence-electron chi connectivity index (χ2n) is 5.82. The van der Waals surface area contributed by atoms with Crippen LogP contribution in [-0.2, 0) is 11.3 Å². The van der Waals surface area contributed by atoms with Gasteiger partial charge in [-0.15, -0.1) is 0 Å². The zero-order chi connectivity index (χ0) is 14.7. The van der Waals surface area contributed by atoms with Crippen LogP contribution < -0.4 is 0 Å². The Labute approximate surface area is 125 Å². The Kier molecular flexibility index (Phi) is 4.23. The second-order valence-corrected chi connectivity index (χ2v) is 5.82. The third kappa shape index (κ3) is 2.94. The van der Waals surface area contributed by atoms with Crippen LogP contribution in [0.3, 0.4) is 0 Å². The van der Waals surface area contributed by atoms with Crippen molar-refractivity contribution in [3.8, 4) is 0 Å². The highest BCUT2D eigenvalue weighted by Crippen LogP contribution is 2.20. The Bertz CT molecular complexity index is 619. The first-order valence-electron chi connectivity index (χ1n) is 7.99. The number of amides is 1. The standard InChI is InChI=1S/C17H23N3O/c1-2-14-7-5-6-11-20(14)17(21)10-12-19-13-18-15-8-3-4-9-16(15)19/h3-4,8-9,13-14H,2,5-7,10-12H2,1H3. The van der Waals surface area contributed by atoms with E-state index in [-0.39, 0.29) is 0 Å². The highest BCUT2D eigenvalue weighted by molar-refractivity contribution is 5.78. The first-order valence-corrected chi connectivity index (χ1v) is 7.99. The topological polar surface area (TPSA) is 38.1 Å². The quantitative estimate of drug-likeness (QED) is 0.865. The summed E-state index contributed by atoms with van der Waals surface area (Å²) in [5.41, 5.74) is 2.10. The van der Waals surface area contributed by atoms with Crippen molar-refractivity contribution in [3.63, 3.8) is 0 Å². The molecule has 112 valence electrons. The van der Waals surface area contributed by atoms with Crippen molar-refractivity contribution in [2.45, 2.75) is 51.6 Å². The number of hydrogen-bond acceptors (Lipinski definition) is 2. The number of benzene rings is 1. The lowest BCUT2D eigenvalue weighted by Gasteiger charge is -2.35. The molecule has 4 heteroatoms. The molecule has 1 unspecified atom stereocenters. The molecule has 1 aliphatic heterocycles. The number of aryl methyl sites for hydroxylation is 1. The van der Waals surface area contributed by atoms with Crippen LogP contribution in [0.1, 0.15) is 39.0 Å². The molecule has 0 radical (unpaired) electrons. The molecule has 1 saturated heterocycles. The van der Waals surface area contributed by atoms with E-state index >= 15 is 0 Å². The number of hydrogen-bond donors (Lipinski definition) is 0. The molecule has 1 atom stereocenters. The van der Waals surface area contributed by atoms with Crippen molar-refractivity contribution < 1.29 is 4.79 Å². The maximum absolute atomic E-state index is 12.5. The van der Waals surface area contributed by atoms with Crippen LogP contribution in [0.15, 0.2) is 30.6 Å². The molecule has 2 heterocycles. The highest BCUT2D eigenvalue weighted by atomic mass is 16.2. The van der Waals surface area contributed by atoms with E-state index in [0.717, 1.165) is 36.8 Å². The van der Waals surface area contributed by atoms with Gasteiger partial charge in [0.25, 0.3) is 0 Å². The van der Waals surface area contributed by atoms with Gasteiger partial charge in [0.05, 0.1) is 17.4 Å². The van der Waals surface area contributed by atoms with Gasteiger partial charge in [-0.3, -0.25) is 4.79 Å². The molecule has 1 aliphatic rings. The van der Waals surface area contributed by atoms with E-state index in [0.29, 0.717) is 24.9 Å². The molecule has 3 rings (SSSR count). The van der Waals surface area contributed by atoms with Gasteiger partial charge in [0.1, 0.15) is 0 Å². The van der Waals surface area contributed by atoms with E-state index in [1.165, 1.54) is 6.42 Å². The SMILES string of the molecule is CCC1CCCCN1C(=O)CCn1cnc2ccccc21. The fraction of sp³-hybridized carbons (Fsp3) is 0.529. The number of aromatic nitrogens is 2. The summed E-state index contributed by atoms with van der Waals surface area (Å²) < 4.78 is 2.08. The highest BCUT2D eigenvalue weighted by Gasteiger charge is 2.24. The van der Waals surface area contributed by atoms with Crippen LogP contribution in [0.2, 0.25) is 0 Å². The zero-order valence-electron chi connectivity index (χ0n) is 12.7. The number of imidazole rings is 1. The summed E-state index contributed by atoms with van der Waals surface area (Å²) in [5, 5.41) is 0. The van der Waals surface area contributed by atoms with Gasteiger partial charge in [-0.2, -0.15) is 0 Å². The summed E-state index contributed by atoms with van der Waals surface area (Å²) in [6.07, 6.45) is 7.04. The number of carbonyl (C=O) groups excluding carboxylic acids is 1. The molecule has 2 aromatic rings. The smallest absolute Gasteiger partial charge is 0.224 e. The van der Waals surface area contributed by atoms with Crippen molar-refractivity contribution in [2.24, 2.45) is 0 Å². The molecule has 0 N–H and O–H groups in total. The van der Waals surface area contributed by atoms with E-state index in [4.69, 9.17) is 0 Å². The van der Waals surface area contributed by atoms with Crippen LogP contribution >= 0.6 is 0 Å². The minimum atomic E-state index is 0.291. The van der Waals surface area contributed by atoms with Crippen LogP contribution in [0, 0.1) is 0 Å². The lowest BCUT2D eigenvalue weighted by atomic mass is 9.99. The van der Waals surface area contributed by atoms with Gasteiger partial charge < -0.3 is 9.47 Å². The van der Waals surface area contributed by atoms with Gasteiger partial charge in [-0.1, -0.05) is 19.1 Å². The molecule has 0 spiro atoms. The second kappa shape index (κ2) is 6.29. The lowest BCUT2D eigenvalue weighted by Crippen LogP contribution is -2.43. The fourth-order valence-corrected chi connectivity index (χ4v) is 3.30. The summed E-state index contributed by atoms with van der Waals surface area (Å²) in [6, 6.07) is 8.52. The maximum Gasteiger partial charge on any atom is 0.224 e. The number of fused-ring (bicyclic) bond motifs is 1. The molecular formula is C17H23N3O. The molecule has 1 aromatic carbocycles. The normalized spacial score (nSPS) is 19.1. The Morgan fingerprint density at radius 3 is 3.05 bits per heavy atom. The van der Waals surface area contributed by atoms with E-state index in [1.54, 1.807) is 0 Å². The van der Waals surface area contributed by atoms with Crippen LogP contribution in [0.4, 0.5) is 0 Å². The number of nitrogens with zero attached hydrogens (tertiary/aromatic N) is 3. The van der Waals surface area contributed by atoms with Gasteiger partial charge in [0.2, 0.25) is 5.91 Å². The van der Waals surface area contributed by atoms with Gasteiger partial charge in [-0.05, 0) is 37.8 Å². The summed E-state index contributed by atoms with van der Waals surface area (Å²) in [4.78, 5) is 19.0. The van der Waals surface area contributed by atoms with E-state index in [9.17, 15) is 4.79 Å². The van der Waals surface area contributed by atoms with E-state index in [1.807, 2.05) is 24.5 Å². The Balaban J connectivity index is 1.65. The minimum absolute atomic E-state index is 0.291. The van der Waals surface area contributed by atoms with Crippen LogP contribution in [0.5, 0.6) is 0 Å². The molecule has 4 nitrogen and oxygen atoms in total. The Morgan fingerprint density at radius 2 is 2.19 bits per heavy atom. The van der Waals surface area contributed by atoms with Crippen molar-refractivity contribution in [1.82, 2.24) is 14.5 Å². The summed E-state index contributed by atoms with van der Waals surface area (Å²) >= 11 is 0.